The second-order valence-corrected chi connectivity index (χ2v) is 3.86. The molecule has 1 aromatic carbocycles. The number of benzene rings is 1. The fraction of sp³-hybridized carbons (Fsp3) is 0.300. The standard InChI is InChI=1S/C10H9Cl2FO2/c1-15-10(14)9(12)5-6-4-7(13)2-3-8(6)11/h2-4,9H,5H2,1H3. The highest BCUT2D eigenvalue weighted by Crippen LogP contribution is 2.20. The average Bonchev–Trinajstić information content (AvgIpc) is 2.22. The van der Waals surface area contributed by atoms with Crippen LogP contribution in [0, 0.1) is 5.82 Å². The van der Waals surface area contributed by atoms with Crippen LogP contribution < -0.4 is 0 Å². The summed E-state index contributed by atoms with van der Waals surface area (Å²) in [6.07, 6.45) is 0.144. The summed E-state index contributed by atoms with van der Waals surface area (Å²) in [7, 11) is 1.24. The van der Waals surface area contributed by atoms with Crippen LogP contribution in [0.2, 0.25) is 5.02 Å². The van der Waals surface area contributed by atoms with E-state index in [0.717, 1.165) is 0 Å². The number of ether oxygens (including phenoxy) is 1. The predicted molar refractivity (Wildman–Crippen MR) is 56.8 cm³/mol. The lowest BCUT2D eigenvalue weighted by atomic mass is 10.1. The largest absolute Gasteiger partial charge is 0.468 e. The third kappa shape index (κ3) is 3.36. The van der Waals surface area contributed by atoms with E-state index in [-0.39, 0.29) is 6.42 Å². The van der Waals surface area contributed by atoms with Crippen LogP contribution in [0.25, 0.3) is 0 Å². The number of alkyl halides is 1. The highest BCUT2D eigenvalue weighted by molar-refractivity contribution is 6.32. The lowest BCUT2D eigenvalue weighted by Crippen LogP contribution is -2.18. The molecule has 0 radical (unpaired) electrons. The van der Waals surface area contributed by atoms with Gasteiger partial charge in [0, 0.05) is 11.4 Å². The zero-order valence-electron chi connectivity index (χ0n) is 7.97. The van der Waals surface area contributed by atoms with Gasteiger partial charge in [-0.25, -0.2) is 4.39 Å². The lowest BCUT2D eigenvalue weighted by molar-refractivity contribution is -0.140. The topological polar surface area (TPSA) is 26.3 Å². The smallest absolute Gasteiger partial charge is 0.324 e. The van der Waals surface area contributed by atoms with Crippen molar-refractivity contribution in [1.29, 1.82) is 0 Å². The molecule has 0 bridgehead atoms. The molecular weight excluding hydrogens is 242 g/mol. The predicted octanol–water partition coefficient (Wildman–Crippen LogP) is 2.80. The molecule has 2 nitrogen and oxygen atoms in total. The molecule has 0 N–H and O–H groups in total. The number of halogens is 3. The van der Waals surface area contributed by atoms with Crippen LogP contribution in [-0.2, 0) is 16.0 Å². The van der Waals surface area contributed by atoms with E-state index >= 15 is 0 Å². The number of hydrogen-bond acceptors (Lipinski definition) is 2. The molecule has 0 saturated heterocycles. The molecule has 0 spiro atoms. The molecule has 0 aliphatic rings. The van der Waals surface area contributed by atoms with Gasteiger partial charge < -0.3 is 4.74 Å². The first-order valence-electron chi connectivity index (χ1n) is 4.20. The van der Waals surface area contributed by atoms with Gasteiger partial charge in [-0.05, 0) is 23.8 Å². The van der Waals surface area contributed by atoms with Crippen molar-refractivity contribution in [1.82, 2.24) is 0 Å². The van der Waals surface area contributed by atoms with Crippen molar-refractivity contribution >= 4 is 29.2 Å². The second-order valence-electron chi connectivity index (χ2n) is 2.93. The summed E-state index contributed by atoms with van der Waals surface area (Å²) in [5.74, 6) is -0.972. The number of rotatable bonds is 3. The Morgan fingerprint density at radius 2 is 2.27 bits per heavy atom. The summed E-state index contributed by atoms with van der Waals surface area (Å²) < 4.78 is 17.3. The van der Waals surface area contributed by atoms with Crippen molar-refractivity contribution in [2.45, 2.75) is 11.8 Å². The molecule has 82 valence electrons. The van der Waals surface area contributed by atoms with Crippen molar-refractivity contribution in [3.05, 3.63) is 34.6 Å². The van der Waals surface area contributed by atoms with E-state index in [4.69, 9.17) is 23.2 Å². The van der Waals surface area contributed by atoms with Gasteiger partial charge in [-0.3, -0.25) is 4.79 Å². The van der Waals surface area contributed by atoms with E-state index < -0.39 is 17.2 Å². The quantitative estimate of drug-likeness (QED) is 0.609. The number of esters is 1. The zero-order chi connectivity index (χ0) is 11.4. The molecule has 0 heterocycles. The highest BCUT2D eigenvalue weighted by atomic mass is 35.5. The summed E-state index contributed by atoms with van der Waals surface area (Å²) in [6, 6.07) is 3.92. The van der Waals surface area contributed by atoms with E-state index in [2.05, 4.69) is 4.74 Å². The molecule has 1 aromatic rings. The van der Waals surface area contributed by atoms with Crippen LogP contribution in [0.3, 0.4) is 0 Å². The Hall–Kier alpha value is -0.800. The number of hydrogen-bond donors (Lipinski definition) is 0. The Kier molecular flexibility index (Phi) is 4.36. The van der Waals surface area contributed by atoms with Crippen LogP contribution in [0.1, 0.15) is 5.56 Å². The number of carbonyl (C=O) groups excluding carboxylic acids is 1. The summed E-state index contributed by atoms with van der Waals surface area (Å²) in [5.41, 5.74) is 0.488. The molecule has 0 aromatic heterocycles. The Balaban J connectivity index is 2.80. The molecule has 5 heteroatoms. The SMILES string of the molecule is COC(=O)C(Cl)Cc1cc(F)ccc1Cl. The minimum atomic E-state index is -0.853. The third-order valence-corrected chi connectivity index (χ3v) is 2.57. The van der Waals surface area contributed by atoms with Gasteiger partial charge in [-0.15, -0.1) is 11.6 Å². The fourth-order valence-corrected chi connectivity index (χ4v) is 1.55. The highest BCUT2D eigenvalue weighted by Gasteiger charge is 2.17. The third-order valence-electron chi connectivity index (χ3n) is 1.86. The maximum absolute atomic E-state index is 12.9. The zero-order valence-corrected chi connectivity index (χ0v) is 9.48. The van der Waals surface area contributed by atoms with Crippen LogP contribution in [0.15, 0.2) is 18.2 Å². The van der Waals surface area contributed by atoms with Gasteiger partial charge in [0.15, 0.2) is 0 Å². The van der Waals surface area contributed by atoms with Crippen molar-refractivity contribution < 1.29 is 13.9 Å². The van der Waals surface area contributed by atoms with Gasteiger partial charge in [0.1, 0.15) is 11.2 Å². The minimum absolute atomic E-state index is 0.144. The van der Waals surface area contributed by atoms with Gasteiger partial charge in [-0.2, -0.15) is 0 Å². The first-order chi connectivity index (χ1) is 7.04. The van der Waals surface area contributed by atoms with Crippen LogP contribution in [0.4, 0.5) is 4.39 Å². The number of methoxy groups -OCH3 is 1. The minimum Gasteiger partial charge on any atom is -0.468 e. The molecule has 1 rings (SSSR count). The molecular formula is C10H9Cl2FO2. The van der Waals surface area contributed by atoms with E-state index in [1.54, 1.807) is 0 Å². The van der Waals surface area contributed by atoms with Gasteiger partial charge in [-0.1, -0.05) is 11.6 Å². The van der Waals surface area contributed by atoms with Crippen LogP contribution >= 0.6 is 23.2 Å². The van der Waals surface area contributed by atoms with Crippen molar-refractivity contribution in [2.24, 2.45) is 0 Å². The van der Waals surface area contributed by atoms with E-state index in [1.165, 1.54) is 25.3 Å². The fourth-order valence-electron chi connectivity index (χ4n) is 1.10. The molecule has 0 fully saturated rings. The van der Waals surface area contributed by atoms with Gasteiger partial charge in [0.05, 0.1) is 7.11 Å². The van der Waals surface area contributed by atoms with Crippen LogP contribution in [0.5, 0.6) is 0 Å². The second kappa shape index (κ2) is 5.33. The lowest BCUT2D eigenvalue weighted by Gasteiger charge is -2.08. The molecule has 0 aliphatic carbocycles. The molecule has 1 atom stereocenters. The maximum Gasteiger partial charge on any atom is 0.324 e. The summed E-state index contributed by atoms with van der Waals surface area (Å²) >= 11 is 11.5. The summed E-state index contributed by atoms with van der Waals surface area (Å²) in [6.45, 7) is 0. The van der Waals surface area contributed by atoms with E-state index in [0.29, 0.717) is 10.6 Å². The maximum atomic E-state index is 12.9. The molecule has 0 saturated carbocycles. The van der Waals surface area contributed by atoms with Crippen molar-refractivity contribution in [3.63, 3.8) is 0 Å². The van der Waals surface area contributed by atoms with Gasteiger partial charge in [0.2, 0.25) is 0 Å². The van der Waals surface area contributed by atoms with E-state index in [9.17, 15) is 9.18 Å². The van der Waals surface area contributed by atoms with Gasteiger partial charge >= 0.3 is 5.97 Å². The first kappa shape index (κ1) is 12.3. The van der Waals surface area contributed by atoms with Crippen LogP contribution in [-0.4, -0.2) is 18.5 Å². The van der Waals surface area contributed by atoms with E-state index in [1.807, 2.05) is 0 Å². The normalized spacial score (nSPS) is 12.3. The average molecular weight is 251 g/mol. The molecule has 0 amide bonds. The molecule has 0 aliphatic heterocycles. The monoisotopic (exact) mass is 250 g/mol. The van der Waals surface area contributed by atoms with Crippen molar-refractivity contribution in [2.75, 3.05) is 7.11 Å². The first-order valence-corrected chi connectivity index (χ1v) is 5.02. The molecule has 1 unspecified atom stereocenters. The summed E-state index contributed by atoms with van der Waals surface area (Å²) in [5, 5.41) is -0.472. The Labute approximate surface area is 96.9 Å². The Morgan fingerprint density at radius 3 is 2.87 bits per heavy atom. The number of carbonyl (C=O) groups is 1. The summed E-state index contributed by atoms with van der Waals surface area (Å²) in [4.78, 5) is 11.0. The Morgan fingerprint density at radius 1 is 1.60 bits per heavy atom. The van der Waals surface area contributed by atoms with Gasteiger partial charge in [0.25, 0.3) is 0 Å². The Bertz CT molecular complexity index is 368. The van der Waals surface area contributed by atoms with Crippen molar-refractivity contribution in [3.8, 4) is 0 Å². The molecule has 15 heavy (non-hydrogen) atoms.